The molecule has 0 aliphatic heterocycles. The van der Waals surface area contributed by atoms with Crippen LogP contribution in [0.1, 0.15) is 32.3 Å². The van der Waals surface area contributed by atoms with Gasteiger partial charge in [0.1, 0.15) is 12.4 Å². The fourth-order valence-electron chi connectivity index (χ4n) is 2.73. The topological polar surface area (TPSA) is 29.5 Å². The second-order valence-electron chi connectivity index (χ2n) is 6.02. The van der Waals surface area contributed by atoms with E-state index < -0.39 is 5.92 Å². The van der Waals surface area contributed by atoms with Gasteiger partial charge in [-0.15, -0.1) is 0 Å². The second kappa shape index (κ2) is 9.33. The summed E-state index contributed by atoms with van der Waals surface area (Å²) in [5.74, 6) is -1.14. The van der Waals surface area contributed by atoms with E-state index in [-0.39, 0.29) is 11.8 Å². The zero-order valence-corrected chi connectivity index (χ0v) is 15.2. The van der Waals surface area contributed by atoms with Crippen LogP contribution in [0.2, 0.25) is 0 Å². The highest BCUT2D eigenvalue weighted by Gasteiger charge is 2.18. The Morgan fingerprint density at radius 3 is 2.40 bits per heavy atom. The quantitative estimate of drug-likeness (QED) is 0.662. The number of halogens is 1. The number of nitrogens with zero attached hydrogens (tertiary/aromatic N) is 1. The minimum Gasteiger partial charge on any atom is -0.464 e. The normalized spacial score (nSPS) is 12.2. The summed E-state index contributed by atoms with van der Waals surface area (Å²) in [4.78, 5) is 14.4. The zero-order valence-electron chi connectivity index (χ0n) is 15.2. The summed E-state index contributed by atoms with van der Waals surface area (Å²) in [5.41, 5.74) is 1.98. The molecule has 0 aliphatic rings. The molecule has 2 aromatic rings. The molecule has 2 rings (SSSR count). The van der Waals surface area contributed by atoms with Gasteiger partial charge in [0.05, 0.1) is 5.92 Å². The number of esters is 1. The molecule has 0 spiro atoms. The van der Waals surface area contributed by atoms with E-state index in [1.54, 1.807) is 19.1 Å². The molecular weight excluding hydrogens is 317 g/mol. The molecule has 1 atom stereocenters. The molecule has 1 unspecified atom stereocenters. The number of benzene rings is 2. The summed E-state index contributed by atoms with van der Waals surface area (Å²) in [5, 5.41) is 0. The number of likely N-dealkylation sites (N-methyl/N-ethyl adjacent to an activating group) is 1. The van der Waals surface area contributed by atoms with E-state index >= 15 is 0 Å². The van der Waals surface area contributed by atoms with Gasteiger partial charge in [0.25, 0.3) is 0 Å². The van der Waals surface area contributed by atoms with Crippen molar-refractivity contribution < 1.29 is 13.9 Å². The van der Waals surface area contributed by atoms with Crippen molar-refractivity contribution in [1.82, 2.24) is 4.90 Å². The fourth-order valence-corrected chi connectivity index (χ4v) is 2.73. The third kappa shape index (κ3) is 5.13. The highest BCUT2D eigenvalue weighted by molar-refractivity contribution is 5.78. The van der Waals surface area contributed by atoms with Crippen molar-refractivity contribution in [3.05, 3.63) is 59.9 Å². The number of carbonyl (C=O) groups is 1. The van der Waals surface area contributed by atoms with E-state index in [4.69, 9.17) is 4.74 Å². The van der Waals surface area contributed by atoms with Gasteiger partial charge in [-0.3, -0.25) is 4.79 Å². The Hall–Kier alpha value is -2.20. The van der Waals surface area contributed by atoms with Crippen molar-refractivity contribution in [3.8, 4) is 11.1 Å². The molecule has 0 saturated carbocycles. The van der Waals surface area contributed by atoms with Crippen molar-refractivity contribution in [2.24, 2.45) is 0 Å². The molecule has 0 aromatic heterocycles. The van der Waals surface area contributed by atoms with Crippen LogP contribution in [0.15, 0.2) is 48.5 Å². The van der Waals surface area contributed by atoms with Crippen LogP contribution >= 0.6 is 0 Å². The van der Waals surface area contributed by atoms with Gasteiger partial charge in [-0.1, -0.05) is 56.3 Å². The average molecular weight is 343 g/mol. The van der Waals surface area contributed by atoms with Crippen LogP contribution < -0.4 is 0 Å². The first-order valence-corrected chi connectivity index (χ1v) is 8.80. The third-order valence-corrected chi connectivity index (χ3v) is 4.48. The molecule has 0 fully saturated rings. The van der Waals surface area contributed by atoms with Gasteiger partial charge in [-0.05, 0) is 37.2 Å². The van der Waals surface area contributed by atoms with Gasteiger partial charge in [-0.25, -0.2) is 4.39 Å². The molecule has 0 bridgehead atoms. The molecule has 134 valence electrons. The fraction of sp³-hybridized carbons (Fsp3) is 0.381. The number of carbonyl (C=O) groups excluding carboxylic acids is 1. The Morgan fingerprint density at radius 2 is 1.80 bits per heavy atom. The van der Waals surface area contributed by atoms with Crippen LogP contribution in [0.25, 0.3) is 11.1 Å². The Morgan fingerprint density at radius 1 is 1.12 bits per heavy atom. The molecule has 0 aliphatic carbocycles. The van der Waals surface area contributed by atoms with E-state index in [2.05, 4.69) is 18.7 Å². The molecule has 0 N–H and O–H groups in total. The van der Waals surface area contributed by atoms with Crippen LogP contribution in [-0.4, -0.2) is 37.1 Å². The molecule has 0 amide bonds. The summed E-state index contributed by atoms with van der Waals surface area (Å²) >= 11 is 0. The van der Waals surface area contributed by atoms with Crippen LogP contribution in [0.3, 0.4) is 0 Å². The molecule has 0 saturated heterocycles. The first-order chi connectivity index (χ1) is 12.1. The van der Waals surface area contributed by atoms with Gasteiger partial charge in [0.15, 0.2) is 0 Å². The van der Waals surface area contributed by atoms with Gasteiger partial charge in [0, 0.05) is 12.1 Å². The Balaban J connectivity index is 2.01. The highest BCUT2D eigenvalue weighted by Crippen LogP contribution is 2.26. The maximum absolute atomic E-state index is 14.5. The Bertz CT molecular complexity index is 684. The Labute approximate surface area is 149 Å². The van der Waals surface area contributed by atoms with Crippen molar-refractivity contribution >= 4 is 5.97 Å². The maximum Gasteiger partial charge on any atom is 0.313 e. The minimum absolute atomic E-state index is 0.320. The zero-order chi connectivity index (χ0) is 18.2. The first-order valence-electron chi connectivity index (χ1n) is 8.80. The van der Waals surface area contributed by atoms with E-state index in [0.29, 0.717) is 24.3 Å². The van der Waals surface area contributed by atoms with E-state index in [1.807, 2.05) is 30.3 Å². The lowest BCUT2D eigenvalue weighted by atomic mass is 9.97. The minimum atomic E-state index is -0.490. The molecule has 0 heterocycles. The smallest absolute Gasteiger partial charge is 0.313 e. The number of hydrogen-bond acceptors (Lipinski definition) is 3. The predicted molar refractivity (Wildman–Crippen MR) is 99.0 cm³/mol. The summed E-state index contributed by atoms with van der Waals surface area (Å²) in [6, 6.07) is 14.3. The van der Waals surface area contributed by atoms with Crippen molar-refractivity contribution in [2.45, 2.75) is 26.7 Å². The molecule has 3 nitrogen and oxygen atoms in total. The van der Waals surface area contributed by atoms with Crippen LogP contribution in [0, 0.1) is 5.82 Å². The van der Waals surface area contributed by atoms with Crippen molar-refractivity contribution in [2.75, 3.05) is 26.2 Å². The summed E-state index contributed by atoms with van der Waals surface area (Å²) < 4.78 is 19.8. The van der Waals surface area contributed by atoms with Gasteiger partial charge < -0.3 is 9.64 Å². The van der Waals surface area contributed by atoms with Gasteiger partial charge in [0.2, 0.25) is 0 Å². The molecular formula is C21H26FNO2. The lowest BCUT2D eigenvalue weighted by molar-refractivity contribution is -0.145. The molecule has 25 heavy (non-hydrogen) atoms. The summed E-state index contributed by atoms with van der Waals surface area (Å²) in [6.07, 6.45) is 0. The largest absolute Gasteiger partial charge is 0.464 e. The van der Waals surface area contributed by atoms with E-state index in [1.165, 1.54) is 6.07 Å². The molecule has 2 aromatic carbocycles. The lowest BCUT2D eigenvalue weighted by Gasteiger charge is -2.19. The highest BCUT2D eigenvalue weighted by atomic mass is 19.1. The second-order valence-corrected chi connectivity index (χ2v) is 6.02. The SMILES string of the molecule is CCN(CC)CCOC(=O)C(C)c1ccc(-c2ccccc2)c(F)c1. The van der Waals surface area contributed by atoms with E-state index in [0.717, 1.165) is 18.7 Å². The predicted octanol–water partition coefficient (Wildman–Crippen LogP) is 4.48. The monoisotopic (exact) mass is 343 g/mol. The molecule has 4 heteroatoms. The number of rotatable bonds is 8. The van der Waals surface area contributed by atoms with Gasteiger partial charge >= 0.3 is 5.97 Å². The first kappa shape index (κ1) is 19.1. The summed E-state index contributed by atoms with van der Waals surface area (Å²) in [6.45, 7) is 8.82. The van der Waals surface area contributed by atoms with Crippen molar-refractivity contribution in [1.29, 1.82) is 0 Å². The van der Waals surface area contributed by atoms with Crippen LogP contribution in [0.4, 0.5) is 4.39 Å². The van der Waals surface area contributed by atoms with E-state index in [9.17, 15) is 9.18 Å². The van der Waals surface area contributed by atoms with Crippen molar-refractivity contribution in [3.63, 3.8) is 0 Å². The van der Waals surface area contributed by atoms with Gasteiger partial charge in [-0.2, -0.15) is 0 Å². The maximum atomic E-state index is 14.5. The molecule has 0 radical (unpaired) electrons. The number of ether oxygens (including phenoxy) is 1. The van der Waals surface area contributed by atoms with Crippen LogP contribution in [-0.2, 0) is 9.53 Å². The standard InChI is InChI=1S/C21H26FNO2/c1-4-23(5-2)13-14-25-21(24)16(3)18-11-12-19(20(22)15-18)17-9-7-6-8-10-17/h6-12,15-16H,4-5,13-14H2,1-3H3. The summed E-state index contributed by atoms with van der Waals surface area (Å²) in [7, 11) is 0. The Kier molecular flexibility index (Phi) is 7.14. The lowest BCUT2D eigenvalue weighted by Crippen LogP contribution is -2.28. The number of hydrogen-bond donors (Lipinski definition) is 0. The van der Waals surface area contributed by atoms with Crippen LogP contribution in [0.5, 0.6) is 0 Å². The third-order valence-electron chi connectivity index (χ3n) is 4.48. The average Bonchev–Trinajstić information content (AvgIpc) is 2.65.